The minimum absolute atomic E-state index is 0.109. The Labute approximate surface area is 135 Å². The molecule has 1 aliphatic heterocycles. The van der Waals surface area contributed by atoms with Crippen LogP contribution in [0.1, 0.15) is 24.0 Å². The number of benzene rings is 1. The number of halogens is 1. The zero-order valence-corrected chi connectivity index (χ0v) is 13.9. The number of carbonyl (C=O) groups excluding carboxylic acids is 2. The number of hydrogen-bond acceptors (Lipinski definition) is 3. The standard InChI is InChI=1S/C16H21ClN2O3/c1-10-7-11(2)14(13(17)8-10)18-15(20)12-5-4-6-19(9-12)16(21)22-3/h7-8,12H,4-6,9H2,1-3H3,(H,18,20). The molecule has 1 unspecified atom stereocenters. The topological polar surface area (TPSA) is 58.6 Å². The molecule has 1 atom stereocenters. The molecule has 2 rings (SSSR count). The second-order valence-corrected chi connectivity index (χ2v) is 6.09. The molecule has 1 aromatic carbocycles. The molecule has 1 aliphatic rings. The molecule has 2 amide bonds. The fraction of sp³-hybridized carbons (Fsp3) is 0.500. The van der Waals surface area contributed by atoms with Crippen LogP contribution >= 0.6 is 11.6 Å². The van der Waals surface area contributed by atoms with E-state index in [2.05, 4.69) is 5.32 Å². The minimum Gasteiger partial charge on any atom is -0.453 e. The van der Waals surface area contributed by atoms with Crippen LogP contribution in [0.3, 0.4) is 0 Å². The molecule has 1 saturated heterocycles. The van der Waals surface area contributed by atoms with E-state index in [1.807, 2.05) is 26.0 Å². The molecule has 6 heteroatoms. The average Bonchev–Trinajstić information content (AvgIpc) is 2.50. The van der Waals surface area contributed by atoms with Crippen molar-refractivity contribution in [2.45, 2.75) is 26.7 Å². The number of aryl methyl sites for hydroxylation is 2. The van der Waals surface area contributed by atoms with Crippen molar-refractivity contribution in [2.75, 3.05) is 25.5 Å². The molecule has 0 radical (unpaired) electrons. The van der Waals surface area contributed by atoms with Gasteiger partial charge in [-0.3, -0.25) is 4.79 Å². The lowest BCUT2D eigenvalue weighted by molar-refractivity contribution is -0.121. The smallest absolute Gasteiger partial charge is 0.409 e. The molecule has 0 spiro atoms. The van der Waals surface area contributed by atoms with E-state index in [0.717, 1.165) is 24.0 Å². The van der Waals surface area contributed by atoms with E-state index < -0.39 is 0 Å². The van der Waals surface area contributed by atoms with E-state index in [9.17, 15) is 9.59 Å². The number of piperidine rings is 1. The average molecular weight is 325 g/mol. The Kier molecular flexibility index (Phi) is 5.29. The van der Waals surface area contributed by atoms with Crippen LogP contribution in [0.25, 0.3) is 0 Å². The highest BCUT2D eigenvalue weighted by molar-refractivity contribution is 6.34. The van der Waals surface area contributed by atoms with Crippen molar-refractivity contribution >= 4 is 29.3 Å². The first-order chi connectivity index (χ1) is 10.4. The van der Waals surface area contributed by atoms with Gasteiger partial charge in [0.05, 0.1) is 23.7 Å². The molecule has 1 fully saturated rings. The molecule has 1 aromatic rings. The highest BCUT2D eigenvalue weighted by Gasteiger charge is 2.29. The van der Waals surface area contributed by atoms with E-state index in [-0.39, 0.29) is 17.9 Å². The van der Waals surface area contributed by atoms with Crippen LogP contribution in [0.15, 0.2) is 12.1 Å². The number of nitrogens with zero attached hydrogens (tertiary/aromatic N) is 1. The molecule has 1 N–H and O–H groups in total. The quantitative estimate of drug-likeness (QED) is 0.907. The highest BCUT2D eigenvalue weighted by atomic mass is 35.5. The summed E-state index contributed by atoms with van der Waals surface area (Å²) in [6.07, 6.45) is 1.15. The first-order valence-corrected chi connectivity index (χ1v) is 7.70. The summed E-state index contributed by atoms with van der Waals surface area (Å²) in [6, 6.07) is 3.80. The molecular weight excluding hydrogens is 304 g/mol. The molecule has 120 valence electrons. The summed E-state index contributed by atoms with van der Waals surface area (Å²) in [6.45, 7) is 4.87. The first kappa shape index (κ1) is 16.6. The summed E-state index contributed by atoms with van der Waals surface area (Å²) >= 11 is 6.22. The number of amides is 2. The van der Waals surface area contributed by atoms with Gasteiger partial charge < -0.3 is 15.0 Å². The maximum Gasteiger partial charge on any atom is 0.409 e. The predicted molar refractivity (Wildman–Crippen MR) is 86.3 cm³/mol. The van der Waals surface area contributed by atoms with Gasteiger partial charge in [0.15, 0.2) is 0 Å². The van der Waals surface area contributed by atoms with Crippen molar-refractivity contribution in [1.82, 2.24) is 4.90 Å². The van der Waals surface area contributed by atoms with Crippen LogP contribution in [-0.2, 0) is 9.53 Å². The monoisotopic (exact) mass is 324 g/mol. The zero-order chi connectivity index (χ0) is 16.3. The molecule has 0 aliphatic carbocycles. The van der Waals surface area contributed by atoms with E-state index in [1.54, 1.807) is 4.90 Å². The van der Waals surface area contributed by atoms with Gasteiger partial charge in [0.1, 0.15) is 0 Å². The summed E-state index contributed by atoms with van der Waals surface area (Å²) in [7, 11) is 1.35. The zero-order valence-electron chi connectivity index (χ0n) is 13.1. The Morgan fingerprint density at radius 3 is 2.73 bits per heavy atom. The van der Waals surface area contributed by atoms with Crippen molar-refractivity contribution in [3.8, 4) is 0 Å². The Balaban J connectivity index is 2.08. The first-order valence-electron chi connectivity index (χ1n) is 7.33. The number of nitrogens with one attached hydrogen (secondary N) is 1. The lowest BCUT2D eigenvalue weighted by Gasteiger charge is -2.31. The highest BCUT2D eigenvalue weighted by Crippen LogP contribution is 2.28. The van der Waals surface area contributed by atoms with Gasteiger partial charge in [-0.25, -0.2) is 4.79 Å². The largest absolute Gasteiger partial charge is 0.453 e. The SMILES string of the molecule is COC(=O)N1CCCC(C(=O)Nc2c(C)cc(C)cc2Cl)C1. The number of methoxy groups -OCH3 is 1. The van der Waals surface area contributed by atoms with E-state index >= 15 is 0 Å². The molecule has 0 saturated carbocycles. The third kappa shape index (κ3) is 3.71. The summed E-state index contributed by atoms with van der Waals surface area (Å²) in [5.74, 6) is -0.355. The van der Waals surface area contributed by atoms with Crippen molar-refractivity contribution in [1.29, 1.82) is 0 Å². The van der Waals surface area contributed by atoms with Gasteiger partial charge in [0.2, 0.25) is 5.91 Å². The van der Waals surface area contributed by atoms with E-state index in [4.69, 9.17) is 16.3 Å². The van der Waals surface area contributed by atoms with Gasteiger partial charge >= 0.3 is 6.09 Å². The molecule has 0 bridgehead atoms. The van der Waals surface area contributed by atoms with Crippen LogP contribution in [0.5, 0.6) is 0 Å². The van der Waals surface area contributed by atoms with E-state index in [0.29, 0.717) is 23.8 Å². The number of carbonyl (C=O) groups is 2. The summed E-state index contributed by atoms with van der Waals surface area (Å²) in [4.78, 5) is 25.6. The summed E-state index contributed by atoms with van der Waals surface area (Å²) in [5, 5.41) is 3.44. The predicted octanol–water partition coefficient (Wildman–Crippen LogP) is 3.37. The Morgan fingerprint density at radius 1 is 1.36 bits per heavy atom. The van der Waals surface area contributed by atoms with Crippen LogP contribution in [0.2, 0.25) is 5.02 Å². The minimum atomic E-state index is -0.387. The lowest BCUT2D eigenvalue weighted by Crippen LogP contribution is -2.43. The molecule has 5 nitrogen and oxygen atoms in total. The van der Waals surface area contributed by atoms with Crippen molar-refractivity contribution in [3.05, 3.63) is 28.3 Å². The number of anilines is 1. The van der Waals surface area contributed by atoms with Gasteiger partial charge in [0, 0.05) is 13.1 Å². The second kappa shape index (κ2) is 7.01. The maximum absolute atomic E-state index is 12.5. The lowest BCUT2D eigenvalue weighted by atomic mass is 9.97. The number of hydrogen-bond donors (Lipinski definition) is 1. The summed E-state index contributed by atoms with van der Waals surface area (Å²) < 4.78 is 4.72. The molecule has 22 heavy (non-hydrogen) atoms. The van der Waals surface area contributed by atoms with Crippen LogP contribution in [0.4, 0.5) is 10.5 Å². The number of rotatable bonds is 2. The van der Waals surface area contributed by atoms with Crippen LogP contribution < -0.4 is 5.32 Å². The van der Waals surface area contributed by atoms with Gasteiger partial charge in [0.25, 0.3) is 0 Å². The Hall–Kier alpha value is -1.75. The van der Waals surface area contributed by atoms with Crippen LogP contribution in [0, 0.1) is 19.8 Å². The van der Waals surface area contributed by atoms with Crippen molar-refractivity contribution < 1.29 is 14.3 Å². The third-order valence-corrected chi connectivity index (χ3v) is 4.20. The van der Waals surface area contributed by atoms with Gasteiger partial charge in [-0.2, -0.15) is 0 Å². The number of ether oxygens (including phenoxy) is 1. The van der Waals surface area contributed by atoms with E-state index in [1.165, 1.54) is 7.11 Å². The second-order valence-electron chi connectivity index (χ2n) is 5.68. The Morgan fingerprint density at radius 2 is 2.09 bits per heavy atom. The fourth-order valence-electron chi connectivity index (χ4n) is 2.79. The van der Waals surface area contributed by atoms with Crippen LogP contribution in [-0.4, -0.2) is 37.1 Å². The van der Waals surface area contributed by atoms with Gasteiger partial charge in [-0.15, -0.1) is 0 Å². The normalized spacial score (nSPS) is 18.0. The Bertz CT molecular complexity index is 566. The molecule has 0 aromatic heterocycles. The van der Waals surface area contributed by atoms with Crippen molar-refractivity contribution in [2.24, 2.45) is 5.92 Å². The molecule has 1 heterocycles. The molecular formula is C16H21ClN2O3. The maximum atomic E-state index is 12.5. The van der Waals surface area contributed by atoms with Gasteiger partial charge in [-0.05, 0) is 43.9 Å². The van der Waals surface area contributed by atoms with Gasteiger partial charge in [-0.1, -0.05) is 17.7 Å². The fourth-order valence-corrected chi connectivity index (χ4v) is 3.15. The third-order valence-electron chi connectivity index (χ3n) is 3.90. The number of likely N-dealkylation sites (tertiary alicyclic amines) is 1. The summed E-state index contributed by atoms with van der Waals surface area (Å²) in [5.41, 5.74) is 2.63. The van der Waals surface area contributed by atoms with Crippen molar-refractivity contribution in [3.63, 3.8) is 0 Å².